The van der Waals surface area contributed by atoms with Crippen LogP contribution in [0.25, 0.3) is 0 Å². The first-order valence-electron chi connectivity index (χ1n) is 6.76. The van der Waals surface area contributed by atoms with E-state index in [-0.39, 0.29) is 12.2 Å². The molecule has 1 aromatic rings. The number of aromatic amines is 1. The average Bonchev–Trinajstić information content (AvgIpc) is 3.09. The second-order valence-corrected chi connectivity index (χ2v) is 5.26. The summed E-state index contributed by atoms with van der Waals surface area (Å²) in [6.07, 6.45) is 5.73. The van der Waals surface area contributed by atoms with Crippen molar-refractivity contribution in [3.8, 4) is 0 Å². The van der Waals surface area contributed by atoms with Crippen molar-refractivity contribution >= 4 is 5.82 Å². The number of aromatic nitrogens is 2. The second kappa shape index (κ2) is 4.72. The number of nitrogens with one attached hydrogen (secondary N) is 1. The molecule has 2 N–H and O–H groups in total. The summed E-state index contributed by atoms with van der Waals surface area (Å²) in [4.78, 5) is 21.2. The van der Waals surface area contributed by atoms with E-state index in [1.807, 2.05) is 0 Å². The molecule has 18 heavy (non-hydrogen) atoms. The molecule has 1 aromatic heterocycles. The maximum absolute atomic E-state index is 11.7. The highest BCUT2D eigenvalue weighted by molar-refractivity contribution is 5.40. The van der Waals surface area contributed by atoms with Gasteiger partial charge < -0.3 is 15.0 Å². The summed E-state index contributed by atoms with van der Waals surface area (Å²) in [5.74, 6) is 1.99. The third-order valence-electron chi connectivity index (χ3n) is 3.86. The van der Waals surface area contributed by atoms with E-state index in [9.17, 15) is 9.90 Å². The molecule has 0 atom stereocenters. The number of hydrogen-bond acceptors (Lipinski definition) is 4. The predicted octanol–water partition coefficient (Wildman–Crippen LogP) is 0.998. The van der Waals surface area contributed by atoms with Crippen molar-refractivity contribution in [2.24, 2.45) is 0 Å². The topological polar surface area (TPSA) is 69.2 Å². The number of aliphatic hydroxyl groups is 1. The first kappa shape index (κ1) is 11.7. The van der Waals surface area contributed by atoms with Crippen LogP contribution in [-0.4, -0.2) is 34.3 Å². The van der Waals surface area contributed by atoms with Gasteiger partial charge in [0.2, 0.25) is 0 Å². The average molecular weight is 249 g/mol. The van der Waals surface area contributed by atoms with Crippen molar-refractivity contribution in [3.63, 3.8) is 0 Å². The van der Waals surface area contributed by atoms with Gasteiger partial charge in [0.15, 0.2) is 0 Å². The first-order valence-corrected chi connectivity index (χ1v) is 6.76. The van der Waals surface area contributed by atoms with Crippen LogP contribution in [-0.2, 0) is 0 Å². The number of aliphatic hydroxyl groups excluding tert-OH is 1. The molecule has 3 rings (SSSR count). The molecule has 2 saturated carbocycles. The summed E-state index contributed by atoms with van der Waals surface area (Å²) < 4.78 is 0. The van der Waals surface area contributed by atoms with Gasteiger partial charge in [0.25, 0.3) is 5.56 Å². The fourth-order valence-corrected chi connectivity index (χ4v) is 2.45. The van der Waals surface area contributed by atoms with E-state index in [1.54, 1.807) is 6.07 Å². The molecule has 0 unspecified atom stereocenters. The van der Waals surface area contributed by atoms with E-state index >= 15 is 0 Å². The van der Waals surface area contributed by atoms with E-state index in [2.05, 4.69) is 14.9 Å². The Hall–Kier alpha value is -1.36. The van der Waals surface area contributed by atoms with Crippen LogP contribution in [0.3, 0.4) is 0 Å². The Morgan fingerprint density at radius 2 is 2.17 bits per heavy atom. The maximum Gasteiger partial charge on any atom is 0.252 e. The zero-order chi connectivity index (χ0) is 12.5. The molecule has 0 radical (unpaired) electrons. The van der Waals surface area contributed by atoms with E-state index in [0.29, 0.717) is 18.5 Å². The Balaban J connectivity index is 1.89. The molecule has 0 bridgehead atoms. The standard InChI is InChI=1S/C13H19N3O2/c17-7-6-16(10-2-1-3-10)11-8-12(18)15-13(14-11)9-4-5-9/h8-10,17H,1-7H2,(H,14,15,18). The number of hydrogen-bond donors (Lipinski definition) is 2. The molecule has 2 aliphatic carbocycles. The Bertz CT molecular complexity index is 477. The molecule has 0 amide bonds. The molecule has 0 saturated heterocycles. The van der Waals surface area contributed by atoms with Crippen molar-refractivity contribution in [2.75, 3.05) is 18.1 Å². The van der Waals surface area contributed by atoms with Gasteiger partial charge in [0.1, 0.15) is 11.6 Å². The first-order chi connectivity index (χ1) is 8.78. The van der Waals surface area contributed by atoms with Crippen molar-refractivity contribution in [3.05, 3.63) is 22.2 Å². The smallest absolute Gasteiger partial charge is 0.252 e. The predicted molar refractivity (Wildman–Crippen MR) is 68.9 cm³/mol. The van der Waals surface area contributed by atoms with Gasteiger partial charge >= 0.3 is 0 Å². The van der Waals surface area contributed by atoms with Gasteiger partial charge in [-0.25, -0.2) is 4.98 Å². The quantitative estimate of drug-likeness (QED) is 0.816. The summed E-state index contributed by atoms with van der Waals surface area (Å²) in [5.41, 5.74) is -0.0795. The normalized spacial score (nSPS) is 19.6. The van der Waals surface area contributed by atoms with Crippen molar-refractivity contribution in [2.45, 2.75) is 44.1 Å². The lowest BCUT2D eigenvalue weighted by Gasteiger charge is -2.38. The van der Waals surface area contributed by atoms with Crippen molar-refractivity contribution in [1.29, 1.82) is 0 Å². The van der Waals surface area contributed by atoms with Crippen LogP contribution in [0, 0.1) is 0 Å². The number of rotatable bonds is 5. The largest absolute Gasteiger partial charge is 0.395 e. The molecule has 98 valence electrons. The molecule has 1 heterocycles. The zero-order valence-electron chi connectivity index (χ0n) is 10.4. The third kappa shape index (κ3) is 2.27. The lowest BCUT2D eigenvalue weighted by atomic mass is 9.91. The molecule has 0 spiro atoms. The Morgan fingerprint density at radius 3 is 2.72 bits per heavy atom. The molecule has 2 fully saturated rings. The SMILES string of the molecule is O=c1cc(N(CCO)C2CCC2)nc(C2CC2)[nH]1. The van der Waals surface area contributed by atoms with Crippen LogP contribution in [0.5, 0.6) is 0 Å². The molecule has 5 nitrogen and oxygen atoms in total. The van der Waals surface area contributed by atoms with Crippen LogP contribution < -0.4 is 10.5 Å². The number of nitrogens with zero attached hydrogens (tertiary/aromatic N) is 2. The molecule has 0 aromatic carbocycles. The zero-order valence-corrected chi connectivity index (χ0v) is 10.4. The van der Waals surface area contributed by atoms with Gasteiger partial charge in [-0.1, -0.05) is 0 Å². The fourth-order valence-electron chi connectivity index (χ4n) is 2.45. The van der Waals surface area contributed by atoms with Crippen molar-refractivity contribution in [1.82, 2.24) is 9.97 Å². The third-order valence-corrected chi connectivity index (χ3v) is 3.86. The highest BCUT2D eigenvalue weighted by atomic mass is 16.3. The summed E-state index contributed by atoms with van der Waals surface area (Å²) in [5, 5.41) is 9.17. The minimum Gasteiger partial charge on any atom is -0.395 e. The molecule has 0 aliphatic heterocycles. The van der Waals surface area contributed by atoms with Crippen LogP contribution in [0.2, 0.25) is 0 Å². The maximum atomic E-state index is 11.7. The highest BCUT2D eigenvalue weighted by Crippen LogP contribution is 2.38. The summed E-state index contributed by atoms with van der Waals surface area (Å²) in [6.45, 7) is 0.662. The second-order valence-electron chi connectivity index (χ2n) is 5.26. The van der Waals surface area contributed by atoms with Gasteiger partial charge in [0, 0.05) is 24.6 Å². The van der Waals surface area contributed by atoms with E-state index in [4.69, 9.17) is 0 Å². The Morgan fingerprint density at radius 1 is 1.39 bits per heavy atom. The van der Waals surface area contributed by atoms with Crippen LogP contribution >= 0.6 is 0 Å². The molecule has 2 aliphatic rings. The fraction of sp³-hybridized carbons (Fsp3) is 0.692. The Labute approximate surface area is 106 Å². The van der Waals surface area contributed by atoms with E-state index in [0.717, 1.165) is 37.3 Å². The van der Waals surface area contributed by atoms with Gasteiger partial charge in [-0.2, -0.15) is 0 Å². The monoisotopic (exact) mass is 249 g/mol. The van der Waals surface area contributed by atoms with Crippen LogP contribution in [0.4, 0.5) is 5.82 Å². The van der Waals surface area contributed by atoms with Crippen molar-refractivity contribution < 1.29 is 5.11 Å². The Kier molecular flexibility index (Phi) is 3.07. The number of H-pyrrole nitrogens is 1. The van der Waals surface area contributed by atoms with Gasteiger partial charge in [-0.15, -0.1) is 0 Å². The minimum atomic E-state index is -0.0795. The lowest BCUT2D eigenvalue weighted by molar-refractivity contribution is 0.283. The summed E-state index contributed by atoms with van der Waals surface area (Å²) >= 11 is 0. The van der Waals surface area contributed by atoms with E-state index in [1.165, 1.54) is 6.42 Å². The molecular formula is C13H19N3O2. The molecular weight excluding hydrogens is 230 g/mol. The lowest BCUT2D eigenvalue weighted by Crippen LogP contribution is -2.43. The van der Waals surface area contributed by atoms with Crippen LogP contribution in [0.1, 0.15) is 43.8 Å². The van der Waals surface area contributed by atoms with Crippen LogP contribution in [0.15, 0.2) is 10.9 Å². The summed E-state index contributed by atoms with van der Waals surface area (Å²) in [7, 11) is 0. The number of anilines is 1. The van der Waals surface area contributed by atoms with Gasteiger partial charge in [-0.3, -0.25) is 4.79 Å². The molecule has 5 heteroatoms. The highest BCUT2D eigenvalue weighted by Gasteiger charge is 2.29. The van der Waals surface area contributed by atoms with Gasteiger partial charge in [0.05, 0.1) is 6.61 Å². The summed E-state index contributed by atoms with van der Waals surface area (Å²) in [6, 6.07) is 2.00. The van der Waals surface area contributed by atoms with E-state index < -0.39 is 0 Å². The van der Waals surface area contributed by atoms with Gasteiger partial charge in [-0.05, 0) is 32.1 Å². The minimum absolute atomic E-state index is 0.0795.